The zero-order valence-corrected chi connectivity index (χ0v) is 14.3. The highest BCUT2D eigenvalue weighted by molar-refractivity contribution is 6.02. The number of carbonyl (C=O) groups is 1. The first-order valence-corrected chi connectivity index (χ1v) is 8.89. The molecule has 1 aromatic rings. The molecule has 0 heterocycles. The van der Waals surface area contributed by atoms with Gasteiger partial charge in [0.2, 0.25) is 0 Å². The molecule has 0 spiro atoms. The molecule has 0 radical (unpaired) electrons. The number of anilines is 1. The van der Waals surface area contributed by atoms with E-state index in [2.05, 4.69) is 10.6 Å². The molecule has 1 fully saturated rings. The minimum atomic E-state index is -0.312. The fourth-order valence-electron chi connectivity index (χ4n) is 3.11. The van der Waals surface area contributed by atoms with Crippen molar-refractivity contribution >= 4 is 11.5 Å². The molecule has 0 atom stereocenters. The Morgan fingerprint density at radius 3 is 2.65 bits per heavy atom. The molecular weight excluding hydrogens is 291 g/mol. The number of halogens is 1. The van der Waals surface area contributed by atoms with E-state index in [0.29, 0.717) is 17.3 Å². The third-order valence-corrected chi connectivity index (χ3v) is 4.48. The molecule has 0 unspecified atom stereocenters. The molecule has 4 heteroatoms. The van der Waals surface area contributed by atoms with Crippen molar-refractivity contribution in [2.75, 3.05) is 18.4 Å². The molecule has 0 amide bonds. The van der Waals surface area contributed by atoms with Crippen LogP contribution in [0.15, 0.2) is 18.2 Å². The second-order valence-electron chi connectivity index (χ2n) is 6.78. The van der Waals surface area contributed by atoms with Crippen LogP contribution in [0.1, 0.15) is 62.7 Å². The van der Waals surface area contributed by atoms with Gasteiger partial charge in [-0.1, -0.05) is 33.1 Å². The molecule has 1 saturated carbocycles. The average molecular weight is 320 g/mol. The highest BCUT2D eigenvalue weighted by Gasteiger charge is 2.15. The lowest BCUT2D eigenvalue weighted by Gasteiger charge is -2.23. The fraction of sp³-hybridized carbons (Fsp3) is 0.632. The number of hydrogen-bond donors (Lipinski definition) is 2. The summed E-state index contributed by atoms with van der Waals surface area (Å²) in [6.07, 6.45) is 7.56. The first-order valence-electron chi connectivity index (χ1n) is 8.89. The van der Waals surface area contributed by atoms with Crippen LogP contribution in [-0.2, 0) is 0 Å². The SMILES string of the molecule is CC(C)C(=O)c1ccc(F)cc1NCCCNC1CCCCC1. The maximum Gasteiger partial charge on any atom is 0.167 e. The smallest absolute Gasteiger partial charge is 0.167 e. The van der Waals surface area contributed by atoms with Crippen molar-refractivity contribution in [3.63, 3.8) is 0 Å². The summed E-state index contributed by atoms with van der Waals surface area (Å²) < 4.78 is 13.5. The highest BCUT2D eigenvalue weighted by Crippen LogP contribution is 2.21. The maximum absolute atomic E-state index is 13.5. The Bertz CT molecular complexity index is 510. The molecule has 0 saturated heterocycles. The zero-order valence-electron chi connectivity index (χ0n) is 14.3. The van der Waals surface area contributed by atoms with Gasteiger partial charge in [-0.2, -0.15) is 0 Å². The Hall–Kier alpha value is -1.42. The van der Waals surface area contributed by atoms with Crippen LogP contribution in [0, 0.1) is 11.7 Å². The van der Waals surface area contributed by atoms with Gasteiger partial charge < -0.3 is 10.6 Å². The molecule has 1 aliphatic rings. The number of nitrogens with one attached hydrogen (secondary N) is 2. The van der Waals surface area contributed by atoms with Crippen LogP contribution in [0.2, 0.25) is 0 Å². The van der Waals surface area contributed by atoms with E-state index in [9.17, 15) is 9.18 Å². The van der Waals surface area contributed by atoms with Gasteiger partial charge in [-0.25, -0.2) is 4.39 Å². The molecule has 0 bridgehead atoms. The summed E-state index contributed by atoms with van der Waals surface area (Å²) in [4.78, 5) is 12.2. The number of Topliss-reactive ketones (excluding diaryl/α,β-unsaturated/α-hetero) is 1. The molecule has 2 N–H and O–H groups in total. The van der Waals surface area contributed by atoms with E-state index >= 15 is 0 Å². The summed E-state index contributed by atoms with van der Waals surface area (Å²) in [5, 5.41) is 6.82. The molecular formula is C19H29FN2O. The van der Waals surface area contributed by atoms with E-state index in [-0.39, 0.29) is 17.5 Å². The van der Waals surface area contributed by atoms with E-state index in [4.69, 9.17) is 0 Å². The Morgan fingerprint density at radius 1 is 1.22 bits per heavy atom. The zero-order chi connectivity index (χ0) is 16.7. The molecule has 1 aliphatic carbocycles. The van der Waals surface area contributed by atoms with Gasteiger partial charge in [0, 0.05) is 29.8 Å². The lowest BCUT2D eigenvalue weighted by Crippen LogP contribution is -2.32. The van der Waals surface area contributed by atoms with Crippen molar-refractivity contribution < 1.29 is 9.18 Å². The van der Waals surface area contributed by atoms with Gasteiger partial charge >= 0.3 is 0 Å². The van der Waals surface area contributed by atoms with E-state index in [1.165, 1.54) is 44.2 Å². The second-order valence-corrected chi connectivity index (χ2v) is 6.78. The number of hydrogen-bond acceptors (Lipinski definition) is 3. The summed E-state index contributed by atoms with van der Waals surface area (Å²) in [6, 6.07) is 5.02. The number of benzene rings is 1. The third-order valence-electron chi connectivity index (χ3n) is 4.48. The predicted octanol–water partition coefficient (Wildman–Crippen LogP) is 4.39. The lowest BCUT2D eigenvalue weighted by atomic mass is 9.95. The van der Waals surface area contributed by atoms with E-state index in [0.717, 1.165) is 19.5 Å². The summed E-state index contributed by atoms with van der Waals surface area (Å²) in [5.74, 6) is -0.352. The van der Waals surface area contributed by atoms with Crippen LogP contribution >= 0.6 is 0 Å². The molecule has 23 heavy (non-hydrogen) atoms. The van der Waals surface area contributed by atoms with Crippen molar-refractivity contribution in [2.24, 2.45) is 5.92 Å². The van der Waals surface area contributed by atoms with Gasteiger partial charge in [0.25, 0.3) is 0 Å². The van der Waals surface area contributed by atoms with Gasteiger partial charge in [0.15, 0.2) is 5.78 Å². The lowest BCUT2D eigenvalue weighted by molar-refractivity contribution is 0.0940. The van der Waals surface area contributed by atoms with Crippen molar-refractivity contribution in [3.05, 3.63) is 29.6 Å². The highest BCUT2D eigenvalue weighted by atomic mass is 19.1. The van der Waals surface area contributed by atoms with E-state index < -0.39 is 0 Å². The van der Waals surface area contributed by atoms with Crippen molar-refractivity contribution in [1.29, 1.82) is 0 Å². The Labute approximate surface area is 139 Å². The second kappa shape index (κ2) is 9.02. The minimum absolute atomic E-state index is 0.0489. The molecule has 2 rings (SSSR count). The van der Waals surface area contributed by atoms with Crippen LogP contribution in [0.4, 0.5) is 10.1 Å². The Kier molecular flexibility index (Phi) is 7.03. The summed E-state index contributed by atoms with van der Waals surface area (Å²) >= 11 is 0. The largest absolute Gasteiger partial charge is 0.384 e. The summed E-state index contributed by atoms with van der Waals surface area (Å²) in [6.45, 7) is 5.43. The molecule has 0 aliphatic heterocycles. The fourth-order valence-corrected chi connectivity index (χ4v) is 3.11. The van der Waals surface area contributed by atoms with E-state index in [1.54, 1.807) is 6.07 Å². The number of rotatable bonds is 8. The van der Waals surface area contributed by atoms with Crippen LogP contribution in [0.25, 0.3) is 0 Å². The van der Waals surface area contributed by atoms with Crippen LogP contribution in [-0.4, -0.2) is 24.9 Å². The van der Waals surface area contributed by atoms with Gasteiger partial charge in [-0.15, -0.1) is 0 Å². The van der Waals surface area contributed by atoms with Gasteiger partial charge in [-0.05, 0) is 44.0 Å². The monoisotopic (exact) mass is 320 g/mol. The van der Waals surface area contributed by atoms with Gasteiger partial charge in [-0.3, -0.25) is 4.79 Å². The number of carbonyl (C=O) groups excluding carboxylic acids is 1. The molecule has 1 aromatic carbocycles. The Balaban J connectivity index is 1.80. The normalized spacial score (nSPS) is 15.8. The van der Waals surface area contributed by atoms with E-state index in [1.807, 2.05) is 13.8 Å². The Morgan fingerprint density at radius 2 is 1.96 bits per heavy atom. The molecule has 3 nitrogen and oxygen atoms in total. The van der Waals surface area contributed by atoms with Crippen LogP contribution < -0.4 is 10.6 Å². The van der Waals surface area contributed by atoms with Gasteiger partial charge in [0.1, 0.15) is 5.82 Å². The molecule has 128 valence electrons. The topological polar surface area (TPSA) is 41.1 Å². The average Bonchev–Trinajstić information content (AvgIpc) is 2.55. The first-order chi connectivity index (χ1) is 11.1. The standard InChI is InChI=1S/C19H29FN2O/c1-14(2)19(23)17-10-9-15(20)13-18(17)22-12-6-11-21-16-7-4-3-5-8-16/h9-10,13-14,16,21-22H,3-8,11-12H2,1-2H3. The van der Waals surface area contributed by atoms with Crippen LogP contribution in [0.5, 0.6) is 0 Å². The summed E-state index contributed by atoms with van der Waals surface area (Å²) in [7, 11) is 0. The van der Waals surface area contributed by atoms with Gasteiger partial charge in [0.05, 0.1) is 0 Å². The first kappa shape index (κ1) is 17.9. The number of ketones is 1. The van der Waals surface area contributed by atoms with Crippen molar-refractivity contribution in [2.45, 2.75) is 58.4 Å². The minimum Gasteiger partial charge on any atom is -0.384 e. The van der Waals surface area contributed by atoms with Crippen molar-refractivity contribution in [1.82, 2.24) is 5.32 Å². The molecule has 0 aromatic heterocycles. The quantitative estimate of drug-likeness (QED) is 0.551. The third kappa shape index (κ3) is 5.61. The van der Waals surface area contributed by atoms with Crippen molar-refractivity contribution in [3.8, 4) is 0 Å². The maximum atomic E-state index is 13.5. The van der Waals surface area contributed by atoms with Crippen LogP contribution in [0.3, 0.4) is 0 Å². The predicted molar refractivity (Wildman–Crippen MR) is 93.6 cm³/mol. The summed E-state index contributed by atoms with van der Waals surface area (Å²) in [5.41, 5.74) is 1.20.